The number of ether oxygens (including phenoxy) is 1. The lowest BCUT2D eigenvalue weighted by Gasteiger charge is -2.28. The number of pyridine rings is 2. The van der Waals surface area contributed by atoms with Gasteiger partial charge in [-0.1, -0.05) is 12.1 Å². The number of fused-ring (bicyclic) bond motifs is 1. The van der Waals surface area contributed by atoms with Gasteiger partial charge in [-0.3, -0.25) is 9.78 Å². The molecule has 2 aliphatic rings. The number of amides is 1. The average Bonchev–Trinajstić information content (AvgIpc) is 3.19. The van der Waals surface area contributed by atoms with Crippen LogP contribution in [0.25, 0.3) is 16.7 Å². The van der Waals surface area contributed by atoms with E-state index in [1.54, 1.807) is 6.20 Å². The van der Waals surface area contributed by atoms with Crippen LogP contribution in [0.1, 0.15) is 11.1 Å². The SMILES string of the molecule is CN(C)CCN(C)c1ccc(NC(=O)C2=CNCCc3ccc(-c4cncc(N5CCOCC5)c4)cc32)cn1. The number of hydrogen-bond acceptors (Lipinski definition) is 8. The lowest BCUT2D eigenvalue weighted by molar-refractivity contribution is -0.111. The van der Waals surface area contributed by atoms with Gasteiger partial charge in [0.05, 0.1) is 42.6 Å². The first-order valence-corrected chi connectivity index (χ1v) is 13.5. The summed E-state index contributed by atoms with van der Waals surface area (Å²) in [6.07, 6.45) is 8.16. The molecule has 0 unspecified atom stereocenters. The molecule has 1 amide bonds. The van der Waals surface area contributed by atoms with Gasteiger partial charge in [-0.25, -0.2) is 4.98 Å². The van der Waals surface area contributed by atoms with Crippen LogP contribution in [0, 0.1) is 0 Å². The Labute approximate surface area is 230 Å². The monoisotopic (exact) mass is 527 g/mol. The Kier molecular flexibility index (Phi) is 8.39. The first-order valence-electron chi connectivity index (χ1n) is 13.5. The third kappa shape index (κ3) is 6.55. The van der Waals surface area contributed by atoms with Crippen molar-refractivity contribution in [2.75, 3.05) is 82.2 Å². The van der Waals surface area contributed by atoms with Crippen molar-refractivity contribution in [2.45, 2.75) is 6.42 Å². The third-order valence-electron chi connectivity index (χ3n) is 7.14. The van der Waals surface area contributed by atoms with Gasteiger partial charge < -0.3 is 30.1 Å². The van der Waals surface area contributed by atoms with E-state index in [1.165, 1.54) is 0 Å². The maximum absolute atomic E-state index is 13.5. The molecule has 9 nitrogen and oxygen atoms in total. The molecular weight excluding hydrogens is 490 g/mol. The second kappa shape index (κ2) is 12.3. The van der Waals surface area contributed by atoms with Gasteiger partial charge in [0.15, 0.2) is 0 Å². The summed E-state index contributed by atoms with van der Waals surface area (Å²) in [5, 5.41) is 6.33. The fourth-order valence-electron chi connectivity index (χ4n) is 4.80. The summed E-state index contributed by atoms with van der Waals surface area (Å²) in [6, 6.07) is 12.4. The number of nitrogens with one attached hydrogen (secondary N) is 2. The highest BCUT2D eigenvalue weighted by Crippen LogP contribution is 2.30. The zero-order chi connectivity index (χ0) is 27.2. The number of rotatable bonds is 8. The molecular formula is C30H37N7O2. The third-order valence-corrected chi connectivity index (χ3v) is 7.14. The summed E-state index contributed by atoms with van der Waals surface area (Å²) >= 11 is 0. The van der Waals surface area contributed by atoms with Gasteiger partial charge in [0, 0.05) is 57.7 Å². The normalized spacial score (nSPS) is 15.2. The van der Waals surface area contributed by atoms with Crippen molar-refractivity contribution < 1.29 is 9.53 Å². The van der Waals surface area contributed by atoms with Crippen molar-refractivity contribution in [3.63, 3.8) is 0 Å². The van der Waals surface area contributed by atoms with E-state index in [-0.39, 0.29) is 5.91 Å². The minimum absolute atomic E-state index is 0.168. The molecule has 0 saturated carbocycles. The molecule has 2 N–H and O–H groups in total. The van der Waals surface area contributed by atoms with Crippen LogP contribution >= 0.6 is 0 Å². The summed E-state index contributed by atoms with van der Waals surface area (Å²) in [6.45, 7) is 5.75. The van der Waals surface area contributed by atoms with Crippen LogP contribution < -0.4 is 20.4 Å². The lowest BCUT2D eigenvalue weighted by atomic mass is 9.94. The number of carbonyl (C=O) groups is 1. The summed E-state index contributed by atoms with van der Waals surface area (Å²) in [5.41, 5.74) is 6.48. The molecule has 1 aromatic carbocycles. The molecule has 2 aliphatic heterocycles. The van der Waals surface area contributed by atoms with Gasteiger partial charge in [0.2, 0.25) is 0 Å². The zero-order valence-electron chi connectivity index (χ0n) is 23.0. The van der Waals surface area contributed by atoms with E-state index in [1.807, 2.05) is 37.8 Å². The number of hydrogen-bond donors (Lipinski definition) is 2. The molecule has 39 heavy (non-hydrogen) atoms. The highest BCUT2D eigenvalue weighted by molar-refractivity contribution is 6.25. The van der Waals surface area contributed by atoms with Crippen molar-refractivity contribution in [3.05, 3.63) is 72.3 Å². The largest absolute Gasteiger partial charge is 0.390 e. The predicted molar refractivity (Wildman–Crippen MR) is 157 cm³/mol. The molecule has 3 aromatic rings. The van der Waals surface area contributed by atoms with Crippen molar-refractivity contribution in [1.29, 1.82) is 0 Å². The fraction of sp³-hybridized carbons (Fsp3) is 0.367. The van der Waals surface area contributed by atoms with E-state index in [0.717, 1.165) is 86.1 Å². The molecule has 1 saturated heterocycles. The van der Waals surface area contributed by atoms with Crippen molar-refractivity contribution in [3.8, 4) is 11.1 Å². The smallest absolute Gasteiger partial charge is 0.257 e. The second-order valence-corrected chi connectivity index (χ2v) is 10.2. The minimum Gasteiger partial charge on any atom is -0.390 e. The molecule has 0 atom stereocenters. The Balaban J connectivity index is 1.35. The molecule has 2 aromatic heterocycles. The van der Waals surface area contributed by atoms with Crippen LogP contribution in [0.2, 0.25) is 0 Å². The van der Waals surface area contributed by atoms with Crippen LogP contribution in [-0.2, 0) is 16.0 Å². The molecule has 0 spiro atoms. The number of anilines is 3. The molecule has 5 rings (SSSR count). The predicted octanol–water partition coefficient (Wildman–Crippen LogP) is 3.10. The van der Waals surface area contributed by atoms with Crippen molar-refractivity contribution in [2.24, 2.45) is 0 Å². The highest BCUT2D eigenvalue weighted by Gasteiger charge is 2.20. The van der Waals surface area contributed by atoms with Gasteiger partial charge in [-0.2, -0.15) is 0 Å². The van der Waals surface area contributed by atoms with E-state index < -0.39 is 0 Å². The zero-order valence-corrected chi connectivity index (χ0v) is 23.0. The van der Waals surface area contributed by atoms with Gasteiger partial charge >= 0.3 is 0 Å². The van der Waals surface area contributed by atoms with Crippen molar-refractivity contribution >= 4 is 28.7 Å². The van der Waals surface area contributed by atoms with E-state index in [4.69, 9.17) is 4.74 Å². The molecule has 0 bridgehead atoms. The first-order chi connectivity index (χ1) is 19.0. The topological polar surface area (TPSA) is 85.9 Å². The quantitative estimate of drug-likeness (QED) is 0.462. The van der Waals surface area contributed by atoms with Gasteiger partial charge in [0.1, 0.15) is 5.82 Å². The Morgan fingerprint density at radius 1 is 1.03 bits per heavy atom. The van der Waals surface area contributed by atoms with Gasteiger partial charge in [0.25, 0.3) is 5.91 Å². The van der Waals surface area contributed by atoms with Crippen LogP contribution in [0.5, 0.6) is 0 Å². The Morgan fingerprint density at radius 3 is 2.64 bits per heavy atom. The lowest BCUT2D eigenvalue weighted by Crippen LogP contribution is -2.36. The number of aromatic nitrogens is 2. The van der Waals surface area contributed by atoms with Crippen LogP contribution in [0.4, 0.5) is 17.2 Å². The van der Waals surface area contributed by atoms with Crippen LogP contribution in [0.15, 0.2) is 61.2 Å². The standard InChI is InChI=1S/C30H37N7O2/c1-35(2)10-11-36(3)29-7-6-25(19-33-29)34-30(38)28-21-31-9-8-22-4-5-23(17-27(22)28)24-16-26(20-32-18-24)37-12-14-39-15-13-37/h4-7,16-21,31H,8-15H2,1-3H3,(H,34,38). The van der Waals surface area contributed by atoms with Gasteiger partial charge in [-0.05, 0) is 61.5 Å². The molecule has 204 valence electrons. The number of nitrogens with zero attached hydrogens (tertiary/aromatic N) is 5. The number of benzene rings is 1. The summed E-state index contributed by atoms with van der Waals surface area (Å²) < 4.78 is 5.50. The Bertz CT molecular complexity index is 1320. The van der Waals surface area contributed by atoms with Crippen molar-refractivity contribution in [1.82, 2.24) is 20.2 Å². The minimum atomic E-state index is -0.168. The maximum Gasteiger partial charge on any atom is 0.257 e. The summed E-state index contributed by atoms with van der Waals surface area (Å²) in [5.74, 6) is 0.701. The van der Waals surface area contributed by atoms with E-state index in [0.29, 0.717) is 11.3 Å². The maximum atomic E-state index is 13.5. The van der Waals surface area contributed by atoms with E-state index in [2.05, 4.69) is 73.7 Å². The molecule has 1 fully saturated rings. The average molecular weight is 528 g/mol. The number of morpholine rings is 1. The Morgan fingerprint density at radius 2 is 1.87 bits per heavy atom. The number of likely N-dealkylation sites (N-methyl/N-ethyl adjacent to an activating group) is 2. The summed E-state index contributed by atoms with van der Waals surface area (Å²) in [4.78, 5) is 29.1. The van der Waals surface area contributed by atoms with Crippen LogP contribution in [-0.4, -0.2) is 87.9 Å². The molecule has 9 heteroatoms. The molecule has 0 radical (unpaired) electrons. The first kappa shape index (κ1) is 26.6. The van der Waals surface area contributed by atoms with E-state index >= 15 is 0 Å². The van der Waals surface area contributed by atoms with Gasteiger partial charge in [-0.15, -0.1) is 0 Å². The highest BCUT2D eigenvalue weighted by atomic mass is 16.5. The van der Waals surface area contributed by atoms with Crippen LogP contribution in [0.3, 0.4) is 0 Å². The second-order valence-electron chi connectivity index (χ2n) is 10.2. The molecule has 4 heterocycles. The Hall–Kier alpha value is -3.95. The summed E-state index contributed by atoms with van der Waals surface area (Å²) in [7, 11) is 6.13. The molecule has 0 aliphatic carbocycles. The fourth-order valence-corrected chi connectivity index (χ4v) is 4.80. The van der Waals surface area contributed by atoms with E-state index in [9.17, 15) is 4.79 Å². The number of carbonyl (C=O) groups excluding carboxylic acids is 1.